The first-order valence-corrected chi connectivity index (χ1v) is 12.9. The van der Waals surface area contributed by atoms with Crippen LogP contribution in [0.15, 0.2) is 109 Å². The molecule has 0 aliphatic carbocycles. The van der Waals surface area contributed by atoms with Gasteiger partial charge in [0.25, 0.3) is 0 Å². The Morgan fingerprint density at radius 1 is 0.649 bits per heavy atom. The standard InChI is InChI=1S/C31H28Cl2N2O2/c32-27-15-11-24(12-16-27)20-30(36)35(22-26-9-5-2-6-10-26)29(19-23-7-3-1-4-8-23)31(37)34-21-25-13-17-28(33)18-14-25/h1-18,29H,19-22H2,(H,34,37)/t29-/m1/s1. The summed E-state index contributed by atoms with van der Waals surface area (Å²) in [7, 11) is 0. The van der Waals surface area contributed by atoms with Gasteiger partial charge in [0.2, 0.25) is 11.8 Å². The fourth-order valence-electron chi connectivity index (χ4n) is 4.12. The Kier molecular flexibility index (Phi) is 9.36. The molecule has 0 aliphatic rings. The Hall–Kier alpha value is -3.60. The zero-order valence-corrected chi connectivity index (χ0v) is 21.8. The smallest absolute Gasteiger partial charge is 0.243 e. The van der Waals surface area contributed by atoms with Crippen molar-refractivity contribution in [1.29, 1.82) is 0 Å². The molecule has 0 saturated carbocycles. The Morgan fingerprint density at radius 3 is 1.73 bits per heavy atom. The lowest BCUT2D eigenvalue weighted by atomic mass is 10.0. The summed E-state index contributed by atoms with van der Waals surface area (Å²) in [6.45, 7) is 0.658. The normalized spacial score (nSPS) is 11.5. The molecule has 0 aromatic heterocycles. The van der Waals surface area contributed by atoms with Crippen molar-refractivity contribution >= 4 is 35.0 Å². The van der Waals surface area contributed by atoms with Crippen molar-refractivity contribution in [1.82, 2.24) is 10.2 Å². The van der Waals surface area contributed by atoms with Crippen LogP contribution in [-0.4, -0.2) is 22.8 Å². The summed E-state index contributed by atoms with van der Waals surface area (Å²) in [6.07, 6.45) is 0.562. The van der Waals surface area contributed by atoms with Crippen molar-refractivity contribution in [3.63, 3.8) is 0 Å². The van der Waals surface area contributed by atoms with E-state index in [-0.39, 0.29) is 18.2 Å². The molecule has 4 nitrogen and oxygen atoms in total. The summed E-state index contributed by atoms with van der Waals surface area (Å²) < 4.78 is 0. The highest BCUT2D eigenvalue weighted by atomic mass is 35.5. The molecule has 37 heavy (non-hydrogen) atoms. The number of amides is 2. The summed E-state index contributed by atoms with van der Waals surface area (Å²) in [6, 6.07) is 33.4. The number of hydrogen-bond acceptors (Lipinski definition) is 2. The van der Waals surface area contributed by atoms with Crippen LogP contribution in [0.3, 0.4) is 0 Å². The third kappa shape index (κ3) is 7.94. The highest BCUT2D eigenvalue weighted by molar-refractivity contribution is 6.30. The molecule has 0 heterocycles. The van der Waals surface area contributed by atoms with Gasteiger partial charge in [0.05, 0.1) is 6.42 Å². The van der Waals surface area contributed by atoms with Crippen molar-refractivity contribution in [2.45, 2.75) is 32.0 Å². The molecule has 0 aliphatic heterocycles. The molecule has 0 spiro atoms. The van der Waals surface area contributed by atoms with Crippen LogP contribution in [0.1, 0.15) is 22.3 Å². The second-order valence-electron chi connectivity index (χ2n) is 8.86. The molecule has 0 unspecified atom stereocenters. The minimum absolute atomic E-state index is 0.131. The zero-order valence-electron chi connectivity index (χ0n) is 20.3. The highest BCUT2D eigenvalue weighted by Gasteiger charge is 2.30. The SMILES string of the molecule is O=C(NCc1ccc(Cl)cc1)[C@@H](Cc1ccccc1)N(Cc1ccccc1)C(=O)Cc1ccc(Cl)cc1. The maximum atomic E-state index is 13.7. The van der Waals surface area contributed by atoms with E-state index in [1.54, 1.807) is 29.2 Å². The molecule has 188 valence electrons. The van der Waals surface area contributed by atoms with Crippen LogP contribution in [0.4, 0.5) is 0 Å². The minimum Gasteiger partial charge on any atom is -0.350 e. The van der Waals surface area contributed by atoms with E-state index >= 15 is 0 Å². The average Bonchev–Trinajstić information content (AvgIpc) is 2.92. The van der Waals surface area contributed by atoms with Gasteiger partial charge in [-0.05, 0) is 46.5 Å². The molecule has 0 bridgehead atoms. The molecule has 2 amide bonds. The molecule has 0 saturated heterocycles. The van der Waals surface area contributed by atoms with E-state index in [0.29, 0.717) is 29.6 Å². The van der Waals surface area contributed by atoms with Gasteiger partial charge in [-0.2, -0.15) is 0 Å². The first-order valence-electron chi connectivity index (χ1n) is 12.1. The maximum absolute atomic E-state index is 13.7. The Bertz CT molecular complexity index is 1290. The van der Waals surface area contributed by atoms with Gasteiger partial charge in [-0.1, -0.05) is 108 Å². The van der Waals surface area contributed by atoms with E-state index in [9.17, 15) is 9.59 Å². The predicted molar refractivity (Wildman–Crippen MR) is 149 cm³/mol. The van der Waals surface area contributed by atoms with Gasteiger partial charge in [-0.3, -0.25) is 9.59 Å². The molecule has 4 rings (SSSR count). The Labute approximate surface area is 227 Å². The number of halogens is 2. The van der Waals surface area contributed by atoms with Gasteiger partial charge in [0.15, 0.2) is 0 Å². The second kappa shape index (κ2) is 13.1. The summed E-state index contributed by atoms with van der Waals surface area (Å²) in [5, 5.41) is 4.29. The van der Waals surface area contributed by atoms with E-state index in [1.165, 1.54) is 0 Å². The summed E-state index contributed by atoms with van der Waals surface area (Å²) in [5.41, 5.74) is 3.70. The first-order chi connectivity index (χ1) is 18.0. The molecule has 0 radical (unpaired) electrons. The van der Waals surface area contributed by atoms with Crippen molar-refractivity contribution in [2.24, 2.45) is 0 Å². The average molecular weight is 531 g/mol. The lowest BCUT2D eigenvalue weighted by Crippen LogP contribution is -2.50. The number of benzene rings is 4. The van der Waals surface area contributed by atoms with Gasteiger partial charge in [-0.15, -0.1) is 0 Å². The minimum atomic E-state index is -0.699. The summed E-state index contributed by atoms with van der Waals surface area (Å²) in [5.74, 6) is -0.340. The second-order valence-corrected chi connectivity index (χ2v) is 9.73. The summed E-state index contributed by atoms with van der Waals surface area (Å²) >= 11 is 12.0. The maximum Gasteiger partial charge on any atom is 0.243 e. The molecule has 4 aromatic carbocycles. The number of carbonyl (C=O) groups excluding carboxylic acids is 2. The number of nitrogens with one attached hydrogen (secondary N) is 1. The van der Waals surface area contributed by atoms with Crippen LogP contribution >= 0.6 is 23.2 Å². The first kappa shape index (κ1) is 26.5. The number of rotatable bonds is 10. The van der Waals surface area contributed by atoms with Gasteiger partial charge >= 0.3 is 0 Å². The van der Waals surface area contributed by atoms with E-state index in [4.69, 9.17) is 23.2 Å². The van der Waals surface area contributed by atoms with Crippen LogP contribution in [0.5, 0.6) is 0 Å². The number of carbonyl (C=O) groups is 2. The lowest BCUT2D eigenvalue weighted by molar-refractivity contribution is -0.140. The van der Waals surface area contributed by atoms with Crippen LogP contribution in [0.2, 0.25) is 10.0 Å². The lowest BCUT2D eigenvalue weighted by Gasteiger charge is -2.31. The molecule has 0 fully saturated rings. The largest absolute Gasteiger partial charge is 0.350 e. The predicted octanol–water partition coefficient (Wildman–Crippen LogP) is 6.49. The van der Waals surface area contributed by atoms with Crippen LogP contribution in [0, 0.1) is 0 Å². The molecular weight excluding hydrogens is 503 g/mol. The van der Waals surface area contributed by atoms with Crippen molar-refractivity contribution in [2.75, 3.05) is 0 Å². The van der Waals surface area contributed by atoms with E-state index in [2.05, 4.69) is 5.32 Å². The van der Waals surface area contributed by atoms with Gasteiger partial charge in [0, 0.05) is 29.6 Å². The fourth-order valence-corrected chi connectivity index (χ4v) is 4.37. The van der Waals surface area contributed by atoms with Crippen molar-refractivity contribution in [3.05, 3.63) is 141 Å². The number of hydrogen-bond donors (Lipinski definition) is 1. The highest BCUT2D eigenvalue weighted by Crippen LogP contribution is 2.18. The van der Waals surface area contributed by atoms with Crippen molar-refractivity contribution < 1.29 is 9.59 Å². The summed E-state index contributed by atoms with van der Waals surface area (Å²) in [4.78, 5) is 29.1. The van der Waals surface area contributed by atoms with Crippen LogP contribution in [-0.2, 0) is 35.5 Å². The third-order valence-corrected chi connectivity index (χ3v) is 6.62. The number of nitrogens with zero attached hydrogens (tertiary/aromatic N) is 1. The molecule has 6 heteroatoms. The molecular formula is C31H28Cl2N2O2. The molecule has 1 N–H and O–H groups in total. The van der Waals surface area contributed by atoms with E-state index in [0.717, 1.165) is 22.3 Å². The van der Waals surface area contributed by atoms with Gasteiger partial charge in [-0.25, -0.2) is 0 Å². The van der Waals surface area contributed by atoms with Crippen molar-refractivity contribution in [3.8, 4) is 0 Å². The fraction of sp³-hybridized carbons (Fsp3) is 0.161. The molecule has 4 aromatic rings. The van der Waals surface area contributed by atoms with Crippen LogP contribution in [0.25, 0.3) is 0 Å². The monoisotopic (exact) mass is 530 g/mol. The van der Waals surface area contributed by atoms with Gasteiger partial charge < -0.3 is 10.2 Å². The zero-order chi connectivity index (χ0) is 26.0. The van der Waals surface area contributed by atoms with Gasteiger partial charge in [0.1, 0.15) is 6.04 Å². The Morgan fingerprint density at radius 2 is 1.16 bits per heavy atom. The third-order valence-electron chi connectivity index (χ3n) is 6.12. The van der Waals surface area contributed by atoms with Crippen LogP contribution < -0.4 is 5.32 Å². The Balaban J connectivity index is 1.62. The quantitative estimate of drug-likeness (QED) is 0.254. The van der Waals surface area contributed by atoms with E-state index < -0.39 is 6.04 Å². The van der Waals surface area contributed by atoms with E-state index in [1.807, 2.05) is 84.9 Å². The molecule has 1 atom stereocenters. The topological polar surface area (TPSA) is 49.4 Å².